The zero-order valence-corrected chi connectivity index (χ0v) is 28.1. The van der Waals surface area contributed by atoms with E-state index in [1.807, 2.05) is 53.2 Å². The smallest absolute Gasteiger partial charge is 0.109 e. The molecule has 3 aromatic carbocycles. The van der Waals surface area contributed by atoms with Gasteiger partial charge in [-0.2, -0.15) is 5.26 Å². The van der Waals surface area contributed by atoms with Crippen molar-refractivity contribution >= 4 is 45.5 Å². The molecule has 2 N–H and O–H groups in total. The Morgan fingerprint density at radius 3 is 2.48 bits per heavy atom. The highest BCUT2D eigenvalue weighted by molar-refractivity contribution is 6.36. The van der Waals surface area contributed by atoms with Gasteiger partial charge in [-0.1, -0.05) is 64.8 Å². The summed E-state index contributed by atoms with van der Waals surface area (Å²) in [5.41, 5.74) is 6.77. The molecular formula is C36H38Cl2N8. The standard InChI is InChI=1S/C36H38Cl2N8/c1-23-7-5-6-8-25(23)20-40-33-26(19-39)21-41-35-30(33)17-28(18-31(35)38)42-34(24-9-11-27(37)12-10-24)32-22-46(44-43-32)29-13-15-45(16-14-29)36(2,3)4/h5-12,17-18,21-22,29,34,42H,13-16,20H2,1-4H3,(H,40,41)/t34-/m0/s1. The number of anilines is 2. The van der Waals surface area contributed by atoms with Crippen LogP contribution in [0.3, 0.4) is 0 Å². The van der Waals surface area contributed by atoms with Gasteiger partial charge in [0.15, 0.2) is 0 Å². The van der Waals surface area contributed by atoms with Gasteiger partial charge in [-0.25, -0.2) is 4.68 Å². The summed E-state index contributed by atoms with van der Waals surface area (Å²) in [5.74, 6) is 0. The second-order valence-electron chi connectivity index (χ2n) is 12.9. The van der Waals surface area contributed by atoms with E-state index in [-0.39, 0.29) is 17.6 Å². The summed E-state index contributed by atoms with van der Waals surface area (Å²) in [6, 6.07) is 22.0. The molecule has 8 nitrogen and oxygen atoms in total. The van der Waals surface area contributed by atoms with E-state index in [2.05, 4.69) is 82.9 Å². The Bertz CT molecular complexity index is 1880. The van der Waals surface area contributed by atoms with Crippen LogP contribution in [0.4, 0.5) is 11.4 Å². The van der Waals surface area contributed by atoms with Crippen LogP contribution < -0.4 is 10.6 Å². The maximum absolute atomic E-state index is 9.99. The van der Waals surface area contributed by atoms with Gasteiger partial charge in [-0.15, -0.1) is 5.10 Å². The Hall–Kier alpha value is -4.16. The van der Waals surface area contributed by atoms with Crippen molar-refractivity contribution in [2.45, 2.75) is 64.7 Å². The van der Waals surface area contributed by atoms with E-state index in [0.717, 1.165) is 53.8 Å². The average Bonchev–Trinajstić information content (AvgIpc) is 3.53. The van der Waals surface area contributed by atoms with E-state index in [9.17, 15) is 5.26 Å². The van der Waals surface area contributed by atoms with Crippen LogP contribution in [0.2, 0.25) is 10.0 Å². The molecule has 0 aliphatic carbocycles. The number of nitriles is 1. The molecule has 5 aromatic rings. The number of hydrogen-bond donors (Lipinski definition) is 2. The minimum atomic E-state index is -0.329. The molecule has 2 aromatic heterocycles. The topological polar surface area (TPSA) is 94.7 Å². The number of benzene rings is 3. The Kier molecular flexibility index (Phi) is 9.19. The fourth-order valence-corrected chi connectivity index (χ4v) is 6.56. The van der Waals surface area contributed by atoms with Crippen molar-refractivity contribution in [1.29, 1.82) is 5.26 Å². The normalized spacial score (nSPS) is 15.1. The Balaban J connectivity index is 1.33. The third kappa shape index (κ3) is 6.82. The lowest BCUT2D eigenvalue weighted by molar-refractivity contribution is 0.0866. The number of nitrogens with one attached hydrogen (secondary N) is 2. The number of hydrogen-bond acceptors (Lipinski definition) is 7. The molecule has 6 rings (SSSR count). The first-order valence-electron chi connectivity index (χ1n) is 15.6. The first-order chi connectivity index (χ1) is 22.1. The van der Waals surface area contributed by atoms with E-state index in [4.69, 9.17) is 23.2 Å². The maximum atomic E-state index is 9.99. The Labute approximate surface area is 280 Å². The largest absolute Gasteiger partial charge is 0.379 e. The van der Waals surface area contributed by atoms with Gasteiger partial charge in [-0.3, -0.25) is 9.88 Å². The zero-order valence-electron chi connectivity index (χ0n) is 26.6. The minimum absolute atomic E-state index is 0.155. The molecule has 10 heteroatoms. The van der Waals surface area contributed by atoms with Crippen molar-refractivity contribution in [3.05, 3.63) is 111 Å². The van der Waals surface area contributed by atoms with Crippen LogP contribution in [0.15, 0.2) is 73.1 Å². The Morgan fingerprint density at radius 2 is 1.78 bits per heavy atom. The number of halogens is 2. The highest BCUT2D eigenvalue weighted by Gasteiger charge is 2.29. The molecule has 0 bridgehead atoms. The quantitative estimate of drug-likeness (QED) is 0.173. The molecule has 1 saturated heterocycles. The Morgan fingerprint density at radius 1 is 1.04 bits per heavy atom. The highest BCUT2D eigenvalue weighted by Crippen LogP contribution is 2.36. The fraction of sp³-hybridized carbons (Fsp3) is 0.333. The average molecular weight is 654 g/mol. The molecule has 1 atom stereocenters. The molecule has 1 aliphatic heterocycles. The summed E-state index contributed by atoms with van der Waals surface area (Å²) in [6.07, 6.45) is 5.66. The summed E-state index contributed by atoms with van der Waals surface area (Å²) in [4.78, 5) is 7.07. The van der Waals surface area contributed by atoms with E-state index >= 15 is 0 Å². The third-order valence-electron chi connectivity index (χ3n) is 8.89. The van der Waals surface area contributed by atoms with Crippen LogP contribution in [-0.4, -0.2) is 43.5 Å². The van der Waals surface area contributed by atoms with Crippen molar-refractivity contribution < 1.29 is 0 Å². The summed E-state index contributed by atoms with van der Waals surface area (Å²) in [6.45, 7) is 11.5. The van der Waals surface area contributed by atoms with Crippen molar-refractivity contribution in [3.63, 3.8) is 0 Å². The molecule has 46 heavy (non-hydrogen) atoms. The number of fused-ring (bicyclic) bond motifs is 1. The molecule has 3 heterocycles. The van der Waals surface area contributed by atoms with E-state index in [1.54, 1.807) is 6.20 Å². The number of aromatic nitrogens is 4. The summed E-state index contributed by atoms with van der Waals surface area (Å²) < 4.78 is 2.02. The first kappa shape index (κ1) is 31.8. The van der Waals surface area contributed by atoms with Gasteiger partial charge in [0.25, 0.3) is 0 Å². The van der Waals surface area contributed by atoms with Crippen LogP contribution in [0.1, 0.15) is 73.6 Å². The molecule has 0 saturated carbocycles. The van der Waals surface area contributed by atoms with Crippen molar-refractivity contribution in [2.75, 3.05) is 23.7 Å². The van der Waals surface area contributed by atoms with Gasteiger partial charge >= 0.3 is 0 Å². The number of likely N-dealkylation sites (tertiary alicyclic amines) is 1. The summed E-state index contributed by atoms with van der Waals surface area (Å²) in [7, 11) is 0. The van der Waals surface area contributed by atoms with E-state index in [0.29, 0.717) is 33.4 Å². The van der Waals surface area contributed by atoms with E-state index < -0.39 is 0 Å². The van der Waals surface area contributed by atoms with Crippen molar-refractivity contribution in [3.8, 4) is 6.07 Å². The molecule has 0 unspecified atom stereocenters. The summed E-state index contributed by atoms with van der Waals surface area (Å²) >= 11 is 13.1. The first-order valence-corrected chi connectivity index (χ1v) is 16.4. The molecule has 0 radical (unpaired) electrons. The monoisotopic (exact) mass is 652 g/mol. The van der Waals surface area contributed by atoms with Gasteiger partial charge in [0.1, 0.15) is 11.8 Å². The van der Waals surface area contributed by atoms with Crippen molar-refractivity contribution in [1.82, 2.24) is 24.9 Å². The third-order valence-corrected chi connectivity index (χ3v) is 9.43. The SMILES string of the molecule is Cc1ccccc1CNc1c(C#N)cnc2c(Cl)cc(N[C@@H](c3ccc(Cl)cc3)c3cn(C4CCN(C(C)(C)C)CC4)nn3)cc12. The van der Waals surface area contributed by atoms with E-state index in [1.165, 1.54) is 5.56 Å². The molecule has 0 spiro atoms. The van der Waals surface area contributed by atoms with Crippen LogP contribution in [-0.2, 0) is 6.54 Å². The molecular weight excluding hydrogens is 615 g/mol. The second-order valence-corrected chi connectivity index (χ2v) is 13.8. The molecule has 0 amide bonds. The zero-order chi connectivity index (χ0) is 32.4. The minimum Gasteiger partial charge on any atom is -0.379 e. The number of nitrogens with zero attached hydrogens (tertiary/aromatic N) is 6. The number of piperidine rings is 1. The number of aryl methyl sites for hydroxylation is 1. The van der Waals surface area contributed by atoms with Gasteiger partial charge in [0.2, 0.25) is 0 Å². The van der Waals surface area contributed by atoms with Crippen LogP contribution in [0.5, 0.6) is 0 Å². The molecule has 1 fully saturated rings. The van der Waals surface area contributed by atoms with Crippen molar-refractivity contribution in [2.24, 2.45) is 0 Å². The number of rotatable bonds is 8. The molecule has 236 valence electrons. The van der Waals surface area contributed by atoms with Gasteiger partial charge in [0, 0.05) is 47.5 Å². The predicted octanol–water partition coefficient (Wildman–Crippen LogP) is 8.56. The highest BCUT2D eigenvalue weighted by atomic mass is 35.5. The lowest BCUT2D eigenvalue weighted by Crippen LogP contribution is -2.46. The van der Waals surface area contributed by atoms with Crippen LogP contribution >= 0.6 is 23.2 Å². The lowest BCUT2D eigenvalue weighted by Gasteiger charge is -2.40. The number of pyridine rings is 1. The van der Waals surface area contributed by atoms with Crippen LogP contribution in [0.25, 0.3) is 10.9 Å². The van der Waals surface area contributed by atoms with Gasteiger partial charge in [0.05, 0.1) is 40.1 Å². The molecule has 1 aliphatic rings. The van der Waals surface area contributed by atoms with Gasteiger partial charge in [-0.05, 0) is 81.5 Å². The van der Waals surface area contributed by atoms with Crippen LogP contribution in [0, 0.1) is 18.3 Å². The lowest BCUT2D eigenvalue weighted by atomic mass is 9.98. The summed E-state index contributed by atoms with van der Waals surface area (Å²) in [5, 5.41) is 28.3. The van der Waals surface area contributed by atoms with Gasteiger partial charge < -0.3 is 10.6 Å². The predicted molar refractivity (Wildman–Crippen MR) is 187 cm³/mol. The maximum Gasteiger partial charge on any atom is 0.109 e. The second kappa shape index (κ2) is 13.3. The fourth-order valence-electron chi connectivity index (χ4n) is 6.16.